The standard InChI is InChI=1S/C25H28N6O2/c1-17(12-13-18-9-6-5-7-10-18)28-22(32)20-15-31(16-27-20)21-19(11-8-14-26-21)23-29-24(30-33-23)25(2,3)4/h5-11,14-17H,12-13H2,1-4H3,(H,28,32)/t17-/m0/s1. The predicted molar refractivity (Wildman–Crippen MR) is 125 cm³/mol. The quantitative estimate of drug-likeness (QED) is 0.455. The molecular weight excluding hydrogens is 416 g/mol. The van der Waals surface area contributed by atoms with E-state index < -0.39 is 0 Å². The van der Waals surface area contributed by atoms with Crippen molar-refractivity contribution < 1.29 is 9.32 Å². The number of amides is 1. The van der Waals surface area contributed by atoms with E-state index in [4.69, 9.17) is 4.52 Å². The maximum atomic E-state index is 12.7. The molecule has 8 heteroatoms. The summed E-state index contributed by atoms with van der Waals surface area (Å²) in [6.07, 6.45) is 6.64. The molecule has 3 aromatic heterocycles. The Hall–Kier alpha value is -3.81. The normalized spacial score (nSPS) is 12.5. The fourth-order valence-electron chi connectivity index (χ4n) is 3.36. The Labute approximate surface area is 193 Å². The second-order valence-corrected chi connectivity index (χ2v) is 9.11. The Morgan fingerprint density at radius 2 is 1.91 bits per heavy atom. The van der Waals surface area contributed by atoms with Gasteiger partial charge in [0.25, 0.3) is 11.8 Å². The lowest BCUT2D eigenvalue weighted by atomic mass is 9.96. The third-order valence-corrected chi connectivity index (χ3v) is 5.26. The van der Waals surface area contributed by atoms with Gasteiger partial charge in [-0.3, -0.25) is 9.36 Å². The molecule has 0 saturated heterocycles. The van der Waals surface area contributed by atoms with Crippen molar-refractivity contribution in [2.75, 3.05) is 0 Å². The van der Waals surface area contributed by atoms with Crippen molar-refractivity contribution in [2.45, 2.75) is 52.0 Å². The third-order valence-electron chi connectivity index (χ3n) is 5.26. The minimum atomic E-state index is -0.235. The first-order valence-electron chi connectivity index (χ1n) is 11.0. The highest BCUT2D eigenvalue weighted by Crippen LogP contribution is 2.27. The van der Waals surface area contributed by atoms with E-state index in [0.29, 0.717) is 28.8 Å². The van der Waals surface area contributed by atoms with Crippen LogP contribution < -0.4 is 5.32 Å². The maximum Gasteiger partial charge on any atom is 0.271 e. The largest absolute Gasteiger partial charge is 0.348 e. The molecular formula is C25H28N6O2. The third kappa shape index (κ3) is 5.34. The van der Waals surface area contributed by atoms with Gasteiger partial charge in [-0.1, -0.05) is 56.3 Å². The molecule has 0 aliphatic carbocycles. The summed E-state index contributed by atoms with van der Waals surface area (Å²) in [7, 11) is 0. The summed E-state index contributed by atoms with van der Waals surface area (Å²) >= 11 is 0. The first-order valence-corrected chi connectivity index (χ1v) is 11.0. The van der Waals surface area contributed by atoms with Crippen molar-refractivity contribution in [2.24, 2.45) is 0 Å². The van der Waals surface area contributed by atoms with Crippen LogP contribution in [0.15, 0.2) is 65.7 Å². The number of hydrogen-bond donors (Lipinski definition) is 1. The smallest absolute Gasteiger partial charge is 0.271 e. The number of nitrogens with zero attached hydrogens (tertiary/aromatic N) is 5. The number of hydrogen-bond acceptors (Lipinski definition) is 6. The van der Waals surface area contributed by atoms with Gasteiger partial charge in [0.1, 0.15) is 12.0 Å². The van der Waals surface area contributed by atoms with Gasteiger partial charge in [-0.2, -0.15) is 4.98 Å². The molecule has 0 fully saturated rings. The molecule has 0 aliphatic rings. The van der Waals surface area contributed by atoms with Gasteiger partial charge in [-0.25, -0.2) is 9.97 Å². The van der Waals surface area contributed by atoms with Gasteiger partial charge in [-0.15, -0.1) is 0 Å². The van der Waals surface area contributed by atoms with E-state index in [2.05, 4.69) is 37.6 Å². The SMILES string of the molecule is C[C@@H](CCc1ccccc1)NC(=O)c1cn(-c2ncccc2-c2nc(C(C)(C)C)no2)cn1. The lowest BCUT2D eigenvalue weighted by Gasteiger charge is -2.13. The first-order chi connectivity index (χ1) is 15.8. The van der Waals surface area contributed by atoms with Gasteiger partial charge in [0, 0.05) is 23.9 Å². The monoisotopic (exact) mass is 444 g/mol. The van der Waals surface area contributed by atoms with E-state index in [-0.39, 0.29) is 17.4 Å². The van der Waals surface area contributed by atoms with E-state index in [0.717, 1.165) is 12.8 Å². The summed E-state index contributed by atoms with van der Waals surface area (Å²) in [4.78, 5) is 26.0. The van der Waals surface area contributed by atoms with Crippen molar-refractivity contribution in [3.8, 4) is 17.3 Å². The number of nitrogens with one attached hydrogen (secondary N) is 1. The van der Waals surface area contributed by atoms with Crippen LogP contribution >= 0.6 is 0 Å². The van der Waals surface area contributed by atoms with Crippen LogP contribution in [0.5, 0.6) is 0 Å². The van der Waals surface area contributed by atoms with Crippen LogP contribution in [0.1, 0.15) is 56.0 Å². The van der Waals surface area contributed by atoms with E-state index in [1.165, 1.54) is 5.56 Å². The molecule has 0 spiro atoms. The van der Waals surface area contributed by atoms with Gasteiger partial charge in [0.2, 0.25) is 0 Å². The van der Waals surface area contributed by atoms with Gasteiger partial charge in [0.05, 0.1) is 5.56 Å². The summed E-state index contributed by atoms with van der Waals surface area (Å²) in [5.74, 6) is 1.32. The number of carbonyl (C=O) groups excluding carboxylic acids is 1. The highest BCUT2D eigenvalue weighted by molar-refractivity contribution is 5.92. The highest BCUT2D eigenvalue weighted by atomic mass is 16.5. The Morgan fingerprint density at radius 1 is 1.12 bits per heavy atom. The van der Waals surface area contributed by atoms with Gasteiger partial charge in [-0.05, 0) is 37.5 Å². The van der Waals surface area contributed by atoms with Gasteiger partial charge < -0.3 is 9.84 Å². The molecule has 0 radical (unpaired) electrons. The second-order valence-electron chi connectivity index (χ2n) is 9.11. The second kappa shape index (κ2) is 9.36. The van der Waals surface area contributed by atoms with Crippen LogP contribution in [0, 0.1) is 0 Å². The summed E-state index contributed by atoms with van der Waals surface area (Å²) in [6.45, 7) is 8.06. The number of aryl methyl sites for hydroxylation is 1. The molecule has 1 atom stereocenters. The molecule has 1 amide bonds. The Bertz CT molecular complexity index is 1220. The van der Waals surface area contributed by atoms with Gasteiger partial charge >= 0.3 is 0 Å². The number of aromatic nitrogens is 5. The Kier molecular flexibility index (Phi) is 6.35. The van der Waals surface area contributed by atoms with E-state index in [1.54, 1.807) is 29.4 Å². The lowest BCUT2D eigenvalue weighted by Crippen LogP contribution is -2.33. The maximum absolute atomic E-state index is 12.7. The summed E-state index contributed by atoms with van der Waals surface area (Å²) < 4.78 is 7.19. The van der Waals surface area contributed by atoms with Gasteiger partial charge in [0.15, 0.2) is 11.6 Å². The zero-order valence-corrected chi connectivity index (χ0v) is 19.3. The number of pyridine rings is 1. The molecule has 0 saturated carbocycles. The van der Waals surface area contributed by atoms with Crippen LogP contribution in [-0.4, -0.2) is 36.6 Å². The minimum absolute atomic E-state index is 0.0162. The van der Waals surface area contributed by atoms with Crippen molar-refractivity contribution in [3.63, 3.8) is 0 Å². The summed E-state index contributed by atoms with van der Waals surface area (Å²) in [5.41, 5.74) is 2.00. The van der Waals surface area contributed by atoms with Crippen LogP contribution in [0.3, 0.4) is 0 Å². The summed E-state index contributed by atoms with van der Waals surface area (Å²) in [5, 5.41) is 7.12. The van der Waals surface area contributed by atoms with Crippen LogP contribution in [0.25, 0.3) is 17.3 Å². The molecule has 1 aromatic carbocycles. The minimum Gasteiger partial charge on any atom is -0.348 e. The number of rotatable bonds is 7. The van der Waals surface area contributed by atoms with Crippen molar-refractivity contribution >= 4 is 5.91 Å². The number of benzene rings is 1. The molecule has 4 aromatic rings. The predicted octanol–water partition coefficient (Wildman–Crippen LogP) is 4.37. The fraction of sp³-hybridized carbons (Fsp3) is 0.320. The molecule has 170 valence electrons. The van der Waals surface area contributed by atoms with Crippen molar-refractivity contribution in [1.29, 1.82) is 0 Å². The van der Waals surface area contributed by atoms with Crippen molar-refractivity contribution in [1.82, 2.24) is 30.0 Å². The molecule has 4 rings (SSSR count). The average molecular weight is 445 g/mol. The van der Waals surface area contributed by atoms with Crippen LogP contribution in [0.4, 0.5) is 0 Å². The number of carbonyl (C=O) groups is 1. The Balaban J connectivity index is 1.47. The Morgan fingerprint density at radius 3 is 2.64 bits per heavy atom. The molecule has 8 nitrogen and oxygen atoms in total. The molecule has 33 heavy (non-hydrogen) atoms. The molecule has 0 bridgehead atoms. The molecule has 0 unspecified atom stereocenters. The first kappa shape index (κ1) is 22.4. The van der Waals surface area contributed by atoms with E-state index in [9.17, 15) is 4.79 Å². The highest BCUT2D eigenvalue weighted by Gasteiger charge is 2.23. The number of imidazole rings is 1. The zero-order chi connectivity index (χ0) is 23.4. The van der Waals surface area contributed by atoms with E-state index >= 15 is 0 Å². The molecule has 3 heterocycles. The zero-order valence-electron chi connectivity index (χ0n) is 19.3. The average Bonchev–Trinajstić information content (AvgIpc) is 3.48. The molecule has 0 aliphatic heterocycles. The topological polar surface area (TPSA) is 98.7 Å². The lowest BCUT2D eigenvalue weighted by molar-refractivity contribution is 0.0934. The van der Waals surface area contributed by atoms with Crippen molar-refractivity contribution in [3.05, 3.63) is 78.3 Å². The van der Waals surface area contributed by atoms with Crippen LogP contribution in [-0.2, 0) is 11.8 Å². The van der Waals surface area contributed by atoms with Crippen LogP contribution in [0.2, 0.25) is 0 Å². The summed E-state index contributed by atoms with van der Waals surface area (Å²) in [6, 6.07) is 13.9. The van der Waals surface area contributed by atoms with E-state index in [1.807, 2.05) is 52.0 Å². The fourth-order valence-corrected chi connectivity index (χ4v) is 3.36. The molecule has 1 N–H and O–H groups in total.